The van der Waals surface area contributed by atoms with Crippen molar-refractivity contribution < 1.29 is 0 Å². The van der Waals surface area contributed by atoms with Crippen LogP contribution in [0, 0.1) is 0 Å². The first kappa shape index (κ1) is 13.8. The van der Waals surface area contributed by atoms with Gasteiger partial charge in [0.1, 0.15) is 0 Å². The molecule has 1 N–H and O–H groups in total. The molecule has 1 unspecified atom stereocenters. The SMILES string of the molecule is CNC(Cc1cn2ccsc2n1)c1cc(Br)c(Br)s1. The van der Waals surface area contributed by atoms with E-state index in [1.165, 1.54) is 4.88 Å². The Balaban J connectivity index is 1.84. The molecule has 3 aromatic rings. The lowest BCUT2D eigenvalue weighted by Gasteiger charge is -2.12. The number of thiazole rings is 1. The van der Waals surface area contributed by atoms with Crippen molar-refractivity contribution >= 4 is 59.5 Å². The number of aromatic nitrogens is 2. The van der Waals surface area contributed by atoms with Crippen LogP contribution in [0.2, 0.25) is 0 Å². The first-order chi connectivity index (χ1) is 9.17. The Labute approximate surface area is 135 Å². The highest BCUT2D eigenvalue weighted by molar-refractivity contribution is 9.13. The maximum absolute atomic E-state index is 4.64. The van der Waals surface area contributed by atoms with E-state index in [-0.39, 0.29) is 6.04 Å². The van der Waals surface area contributed by atoms with Gasteiger partial charge in [-0.05, 0) is 45.0 Å². The van der Waals surface area contributed by atoms with E-state index in [4.69, 9.17) is 0 Å². The third-order valence-corrected chi connectivity index (χ3v) is 7.05. The van der Waals surface area contributed by atoms with E-state index < -0.39 is 0 Å². The average molecular weight is 421 g/mol. The van der Waals surface area contributed by atoms with Crippen LogP contribution in [-0.2, 0) is 6.42 Å². The second kappa shape index (κ2) is 5.65. The second-order valence-electron chi connectivity index (χ2n) is 4.14. The zero-order valence-electron chi connectivity index (χ0n) is 10.1. The number of likely N-dealkylation sites (N-methyl/N-ethyl adjacent to an activating group) is 1. The molecular formula is C12H11Br2N3S2. The molecule has 0 amide bonds. The highest BCUT2D eigenvalue weighted by atomic mass is 79.9. The summed E-state index contributed by atoms with van der Waals surface area (Å²) in [7, 11) is 1.99. The van der Waals surface area contributed by atoms with Gasteiger partial charge in [-0.15, -0.1) is 22.7 Å². The summed E-state index contributed by atoms with van der Waals surface area (Å²) in [6, 6.07) is 2.45. The number of imidazole rings is 1. The minimum Gasteiger partial charge on any atom is -0.312 e. The van der Waals surface area contributed by atoms with E-state index in [2.05, 4.69) is 64.2 Å². The minimum absolute atomic E-state index is 0.289. The van der Waals surface area contributed by atoms with E-state index >= 15 is 0 Å². The van der Waals surface area contributed by atoms with Crippen LogP contribution in [0.1, 0.15) is 16.6 Å². The third-order valence-electron chi connectivity index (χ3n) is 2.91. The Bertz CT molecular complexity index is 653. The second-order valence-corrected chi connectivity index (χ2v) is 8.27. The molecule has 0 aliphatic carbocycles. The molecule has 3 rings (SSSR count). The van der Waals surface area contributed by atoms with Gasteiger partial charge in [-0.1, -0.05) is 0 Å². The summed E-state index contributed by atoms with van der Waals surface area (Å²) in [6.45, 7) is 0. The predicted molar refractivity (Wildman–Crippen MR) is 88.3 cm³/mol. The molecule has 0 fully saturated rings. The summed E-state index contributed by atoms with van der Waals surface area (Å²) in [5.74, 6) is 0. The Hall–Kier alpha value is -0.210. The fourth-order valence-corrected chi connectivity index (χ4v) is 4.88. The maximum Gasteiger partial charge on any atom is 0.193 e. The van der Waals surface area contributed by atoms with E-state index in [9.17, 15) is 0 Å². The van der Waals surface area contributed by atoms with Crippen LogP contribution in [0.4, 0.5) is 0 Å². The van der Waals surface area contributed by atoms with Gasteiger partial charge in [-0.2, -0.15) is 0 Å². The van der Waals surface area contributed by atoms with E-state index in [1.54, 1.807) is 22.7 Å². The van der Waals surface area contributed by atoms with Gasteiger partial charge in [0.25, 0.3) is 0 Å². The molecule has 0 spiro atoms. The summed E-state index contributed by atoms with van der Waals surface area (Å²) in [5, 5.41) is 5.42. The van der Waals surface area contributed by atoms with Crippen molar-refractivity contribution in [2.75, 3.05) is 7.05 Å². The number of thiophene rings is 1. The summed E-state index contributed by atoms with van der Waals surface area (Å²) in [4.78, 5) is 7.00. The molecule has 7 heteroatoms. The summed E-state index contributed by atoms with van der Waals surface area (Å²) < 4.78 is 4.32. The van der Waals surface area contributed by atoms with Crippen molar-refractivity contribution in [2.24, 2.45) is 0 Å². The summed E-state index contributed by atoms with van der Waals surface area (Å²) >= 11 is 10.5. The van der Waals surface area contributed by atoms with Gasteiger partial charge in [0, 0.05) is 39.6 Å². The summed E-state index contributed by atoms with van der Waals surface area (Å²) in [6.07, 6.45) is 5.04. The van der Waals surface area contributed by atoms with Crippen LogP contribution in [-0.4, -0.2) is 16.4 Å². The monoisotopic (exact) mass is 419 g/mol. The van der Waals surface area contributed by atoms with Crippen molar-refractivity contribution in [1.29, 1.82) is 0 Å². The van der Waals surface area contributed by atoms with E-state index in [0.29, 0.717) is 0 Å². The number of hydrogen-bond acceptors (Lipinski definition) is 4. The molecular weight excluding hydrogens is 410 g/mol. The van der Waals surface area contributed by atoms with Gasteiger partial charge in [-0.3, -0.25) is 4.40 Å². The number of halogens is 2. The van der Waals surface area contributed by atoms with Gasteiger partial charge in [0.15, 0.2) is 4.96 Å². The zero-order valence-corrected chi connectivity index (χ0v) is 14.9. The van der Waals surface area contributed by atoms with Crippen LogP contribution < -0.4 is 5.32 Å². The van der Waals surface area contributed by atoms with Crippen LogP contribution >= 0.6 is 54.5 Å². The van der Waals surface area contributed by atoms with Crippen molar-refractivity contribution in [2.45, 2.75) is 12.5 Å². The number of hydrogen-bond donors (Lipinski definition) is 1. The van der Waals surface area contributed by atoms with Crippen LogP contribution in [0.25, 0.3) is 4.96 Å². The van der Waals surface area contributed by atoms with Gasteiger partial charge in [0.2, 0.25) is 0 Å². The smallest absolute Gasteiger partial charge is 0.193 e. The topological polar surface area (TPSA) is 29.3 Å². The third kappa shape index (κ3) is 2.80. The largest absolute Gasteiger partial charge is 0.312 e. The van der Waals surface area contributed by atoms with E-state index in [0.717, 1.165) is 25.3 Å². The zero-order chi connectivity index (χ0) is 13.4. The first-order valence-electron chi connectivity index (χ1n) is 5.70. The lowest BCUT2D eigenvalue weighted by Crippen LogP contribution is -2.17. The van der Waals surface area contributed by atoms with Gasteiger partial charge >= 0.3 is 0 Å². The minimum atomic E-state index is 0.289. The highest BCUT2D eigenvalue weighted by Gasteiger charge is 2.16. The molecule has 0 radical (unpaired) electrons. The molecule has 0 saturated heterocycles. The van der Waals surface area contributed by atoms with Crippen molar-refractivity contribution in [3.63, 3.8) is 0 Å². The molecule has 100 valence electrons. The Morgan fingerprint density at radius 2 is 2.32 bits per heavy atom. The Kier molecular flexibility index (Phi) is 4.09. The number of nitrogens with one attached hydrogen (secondary N) is 1. The summed E-state index contributed by atoms with van der Waals surface area (Å²) in [5.41, 5.74) is 1.12. The molecule has 0 bridgehead atoms. The molecule has 0 saturated carbocycles. The molecule has 1 atom stereocenters. The van der Waals surface area contributed by atoms with Crippen molar-refractivity contribution in [3.8, 4) is 0 Å². The molecule has 3 aromatic heterocycles. The molecule has 0 aliphatic heterocycles. The normalized spacial score (nSPS) is 13.2. The molecule has 3 nitrogen and oxygen atoms in total. The number of nitrogens with zero attached hydrogens (tertiary/aromatic N) is 2. The molecule has 3 heterocycles. The van der Waals surface area contributed by atoms with Gasteiger partial charge < -0.3 is 5.32 Å². The number of fused-ring (bicyclic) bond motifs is 1. The Morgan fingerprint density at radius 1 is 1.47 bits per heavy atom. The first-order valence-corrected chi connectivity index (χ1v) is 8.98. The van der Waals surface area contributed by atoms with E-state index in [1.807, 2.05) is 13.2 Å². The lowest BCUT2D eigenvalue weighted by molar-refractivity contribution is 0.596. The maximum atomic E-state index is 4.64. The van der Waals surface area contributed by atoms with Crippen molar-refractivity contribution in [3.05, 3.63) is 42.7 Å². The standard InChI is InChI=1S/C12H11Br2N3S2/c1-15-9(10-5-8(13)11(14)19-10)4-7-6-17-2-3-18-12(17)16-7/h2-3,5-6,9,15H,4H2,1H3. The quantitative estimate of drug-likeness (QED) is 0.673. The van der Waals surface area contributed by atoms with Gasteiger partial charge in [-0.25, -0.2) is 4.98 Å². The highest BCUT2D eigenvalue weighted by Crippen LogP contribution is 2.36. The van der Waals surface area contributed by atoms with Crippen LogP contribution in [0.15, 0.2) is 32.1 Å². The van der Waals surface area contributed by atoms with Crippen LogP contribution in [0.3, 0.4) is 0 Å². The number of rotatable bonds is 4. The molecule has 0 aromatic carbocycles. The van der Waals surface area contributed by atoms with Gasteiger partial charge in [0.05, 0.1) is 9.48 Å². The molecule has 19 heavy (non-hydrogen) atoms. The van der Waals surface area contributed by atoms with Crippen LogP contribution in [0.5, 0.6) is 0 Å². The average Bonchev–Trinajstić information content (AvgIpc) is 3.02. The predicted octanol–water partition coefficient (Wildman–Crippen LogP) is 4.49. The Morgan fingerprint density at radius 3 is 2.95 bits per heavy atom. The fourth-order valence-electron chi connectivity index (χ4n) is 1.96. The lowest BCUT2D eigenvalue weighted by atomic mass is 10.1. The molecule has 0 aliphatic rings. The van der Waals surface area contributed by atoms with Crippen molar-refractivity contribution in [1.82, 2.24) is 14.7 Å². The fraction of sp³-hybridized carbons (Fsp3) is 0.250.